The van der Waals surface area contributed by atoms with E-state index in [1.165, 1.54) is 24.5 Å². The molecule has 100 valence electrons. The van der Waals surface area contributed by atoms with E-state index in [-0.39, 0.29) is 18.6 Å². The number of amides is 1. The van der Waals surface area contributed by atoms with E-state index in [0.717, 1.165) is 0 Å². The number of hydrogen-bond acceptors (Lipinski definition) is 6. The Morgan fingerprint density at radius 2 is 2.32 bits per heavy atom. The molecule has 0 bridgehead atoms. The van der Waals surface area contributed by atoms with E-state index in [1.807, 2.05) is 5.32 Å². The molecular weight excluding hydrogens is 252 g/mol. The first-order valence-corrected chi connectivity index (χ1v) is 5.28. The number of aromatic nitrogens is 1. The van der Waals surface area contributed by atoms with Gasteiger partial charge >= 0.3 is 12.1 Å². The third-order valence-electron chi connectivity index (χ3n) is 1.85. The predicted octanol–water partition coefficient (Wildman–Crippen LogP) is 0.467. The number of alkyl carbamates (subject to hydrolysis) is 1. The van der Waals surface area contributed by atoms with Crippen LogP contribution in [0.2, 0.25) is 0 Å². The minimum absolute atomic E-state index is 0.0327. The molecule has 1 heterocycles. The first-order valence-electron chi connectivity index (χ1n) is 5.28. The van der Waals surface area contributed by atoms with Gasteiger partial charge < -0.3 is 19.6 Å². The summed E-state index contributed by atoms with van der Waals surface area (Å²) in [6.07, 6.45) is 3.48. The Bertz CT molecular complexity index is 460. The van der Waals surface area contributed by atoms with Crippen LogP contribution in [0.4, 0.5) is 4.79 Å². The maximum Gasteiger partial charge on any atom is 0.408 e. The Kier molecular flexibility index (Phi) is 5.74. The third-order valence-corrected chi connectivity index (χ3v) is 1.85. The number of nitrogens with one attached hydrogen (secondary N) is 1. The van der Waals surface area contributed by atoms with Gasteiger partial charge in [-0.2, -0.15) is 0 Å². The quantitative estimate of drug-likeness (QED) is 0.347. The third kappa shape index (κ3) is 4.99. The lowest BCUT2D eigenvalue weighted by Crippen LogP contribution is -2.44. The minimum atomic E-state index is -1.45. The van der Waals surface area contributed by atoms with Gasteiger partial charge in [0.25, 0.3) is 0 Å². The highest BCUT2D eigenvalue weighted by atomic mass is 16.6. The fourth-order valence-corrected chi connectivity index (χ4v) is 1.04. The van der Waals surface area contributed by atoms with Gasteiger partial charge in [-0.15, -0.1) is 0 Å². The molecule has 0 saturated heterocycles. The molecule has 0 aliphatic rings. The average molecular weight is 264 g/mol. The molecule has 1 rings (SSSR count). The van der Waals surface area contributed by atoms with Gasteiger partial charge in [0, 0.05) is 6.20 Å². The van der Waals surface area contributed by atoms with Crippen LogP contribution >= 0.6 is 0 Å². The van der Waals surface area contributed by atoms with Crippen LogP contribution in [0.1, 0.15) is 0 Å². The van der Waals surface area contributed by atoms with Gasteiger partial charge in [-0.25, -0.2) is 9.59 Å². The standard InChI is InChI=1S/C12H12N2O5/c1-2-6-18-12(17)14-10(8-15)11(16)19-9-4-3-5-13-7-9/h2-5,7-8,10H,1,6H2,(H,14,17). The molecule has 0 fully saturated rings. The van der Waals surface area contributed by atoms with E-state index in [1.54, 1.807) is 6.07 Å². The van der Waals surface area contributed by atoms with E-state index >= 15 is 0 Å². The lowest BCUT2D eigenvalue weighted by atomic mass is 10.3. The number of ether oxygens (including phenoxy) is 2. The second kappa shape index (κ2) is 7.59. The van der Waals surface area contributed by atoms with Crippen LogP contribution in [0, 0.1) is 0 Å². The highest BCUT2D eigenvalue weighted by molar-refractivity contribution is 5.96. The minimum Gasteiger partial charge on any atom is -0.445 e. The molecule has 0 aliphatic carbocycles. The highest BCUT2D eigenvalue weighted by Crippen LogP contribution is 2.06. The molecule has 0 saturated carbocycles. The largest absolute Gasteiger partial charge is 0.445 e. The van der Waals surface area contributed by atoms with Crippen molar-refractivity contribution in [2.75, 3.05) is 6.61 Å². The Hall–Kier alpha value is -2.70. The summed E-state index contributed by atoms with van der Waals surface area (Å²) in [6, 6.07) is 1.60. The molecule has 1 N–H and O–H groups in total. The van der Waals surface area contributed by atoms with Crippen LogP contribution in [-0.4, -0.2) is 36.0 Å². The molecule has 0 radical (unpaired) electrons. The summed E-state index contributed by atoms with van der Waals surface area (Å²) < 4.78 is 9.43. The molecule has 0 spiro atoms. The Balaban J connectivity index is 2.54. The lowest BCUT2D eigenvalue weighted by Gasteiger charge is -2.11. The molecule has 0 aromatic carbocycles. The Morgan fingerprint density at radius 3 is 2.89 bits per heavy atom. The maximum atomic E-state index is 11.6. The monoisotopic (exact) mass is 264 g/mol. The fourth-order valence-electron chi connectivity index (χ4n) is 1.04. The highest BCUT2D eigenvalue weighted by Gasteiger charge is 2.22. The molecule has 1 aromatic rings. The summed E-state index contributed by atoms with van der Waals surface area (Å²) in [7, 11) is 0. The molecule has 1 aromatic heterocycles. The van der Waals surface area contributed by atoms with Crippen molar-refractivity contribution < 1.29 is 23.9 Å². The van der Waals surface area contributed by atoms with E-state index in [0.29, 0.717) is 0 Å². The van der Waals surface area contributed by atoms with Gasteiger partial charge in [-0.3, -0.25) is 4.98 Å². The van der Waals surface area contributed by atoms with Crippen LogP contribution in [0.5, 0.6) is 5.75 Å². The van der Waals surface area contributed by atoms with E-state index in [4.69, 9.17) is 4.74 Å². The van der Waals surface area contributed by atoms with Crippen molar-refractivity contribution in [1.29, 1.82) is 0 Å². The SMILES string of the molecule is C=CCOC(=O)NC(C=O)C(=O)Oc1cccnc1. The summed E-state index contributed by atoms with van der Waals surface area (Å²) in [5, 5.41) is 2.05. The van der Waals surface area contributed by atoms with E-state index in [9.17, 15) is 14.4 Å². The molecule has 1 atom stereocenters. The smallest absolute Gasteiger partial charge is 0.408 e. The predicted molar refractivity (Wildman–Crippen MR) is 64.4 cm³/mol. The molecule has 7 nitrogen and oxygen atoms in total. The number of hydrogen-bond donors (Lipinski definition) is 1. The van der Waals surface area contributed by atoms with E-state index in [2.05, 4.69) is 16.3 Å². The van der Waals surface area contributed by atoms with Crippen LogP contribution < -0.4 is 10.1 Å². The van der Waals surface area contributed by atoms with Crippen molar-refractivity contribution in [3.8, 4) is 5.75 Å². The second-order valence-corrected chi connectivity index (χ2v) is 3.26. The summed E-state index contributed by atoms with van der Waals surface area (Å²) >= 11 is 0. The summed E-state index contributed by atoms with van der Waals surface area (Å²) in [4.78, 5) is 37.2. The topological polar surface area (TPSA) is 94.6 Å². The zero-order chi connectivity index (χ0) is 14.1. The zero-order valence-corrected chi connectivity index (χ0v) is 9.94. The van der Waals surface area contributed by atoms with Crippen molar-refractivity contribution in [3.05, 3.63) is 37.2 Å². The van der Waals surface area contributed by atoms with Crippen molar-refractivity contribution in [3.63, 3.8) is 0 Å². The number of carbonyl (C=O) groups excluding carboxylic acids is 3. The van der Waals surface area contributed by atoms with Gasteiger partial charge in [0.05, 0.1) is 6.20 Å². The van der Waals surface area contributed by atoms with Gasteiger partial charge in [-0.1, -0.05) is 12.7 Å². The first-order chi connectivity index (χ1) is 9.17. The second-order valence-electron chi connectivity index (χ2n) is 3.26. The van der Waals surface area contributed by atoms with Crippen molar-refractivity contribution in [1.82, 2.24) is 10.3 Å². The van der Waals surface area contributed by atoms with Crippen molar-refractivity contribution >= 4 is 18.3 Å². The summed E-state index contributed by atoms with van der Waals surface area (Å²) in [6.45, 7) is 3.32. The summed E-state index contributed by atoms with van der Waals surface area (Å²) in [5.41, 5.74) is 0. The summed E-state index contributed by atoms with van der Waals surface area (Å²) in [5.74, 6) is -0.765. The Labute approximate surface area is 109 Å². The molecule has 1 unspecified atom stereocenters. The van der Waals surface area contributed by atoms with Crippen molar-refractivity contribution in [2.45, 2.75) is 6.04 Å². The van der Waals surface area contributed by atoms with Crippen LogP contribution in [0.15, 0.2) is 37.2 Å². The molecule has 1 amide bonds. The molecule has 19 heavy (non-hydrogen) atoms. The molecule has 0 aliphatic heterocycles. The van der Waals surface area contributed by atoms with Gasteiger partial charge in [0.1, 0.15) is 12.4 Å². The molecule has 7 heteroatoms. The van der Waals surface area contributed by atoms with Gasteiger partial charge in [0.15, 0.2) is 12.3 Å². The van der Waals surface area contributed by atoms with Crippen LogP contribution in [-0.2, 0) is 14.3 Å². The first kappa shape index (κ1) is 14.4. The number of aldehydes is 1. The number of rotatable bonds is 6. The Morgan fingerprint density at radius 1 is 1.53 bits per heavy atom. The van der Waals surface area contributed by atoms with Crippen LogP contribution in [0.25, 0.3) is 0 Å². The average Bonchev–Trinajstić information content (AvgIpc) is 2.43. The van der Waals surface area contributed by atoms with Crippen molar-refractivity contribution in [2.24, 2.45) is 0 Å². The number of pyridine rings is 1. The fraction of sp³-hybridized carbons (Fsp3) is 0.167. The number of esters is 1. The number of nitrogens with zero attached hydrogens (tertiary/aromatic N) is 1. The normalized spacial score (nSPS) is 10.9. The van der Waals surface area contributed by atoms with Gasteiger partial charge in [0.2, 0.25) is 0 Å². The van der Waals surface area contributed by atoms with Gasteiger partial charge in [-0.05, 0) is 12.1 Å². The molecular formula is C12H12N2O5. The lowest BCUT2D eigenvalue weighted by molar-refractivity contribution is -0.138. The zero-order valence-electron chi connectivity index (χ0n) is 9.94. The van der Waals surface area contributed by atoms with E-state index < -0.39 is 18.1 Å². The maximum absolute atomic E-state index is 11.6. The van der Waals surface area contributed by atoms with Crippen LogP contribution in [0.3, 0.4) is 0 Å². The number of carbonyl (C=O) groups is 3.